The molecule has 5 nitrogen and oxygen atoms in total. The minimum Gasteiger partial charge on any atom is -0.497 e. The van der Waals surface area contributed by atoms with Gasteiger partial charge in [-0.15, -0.1) is 0 Å². The van der Waals surface area contributed by atoms with Crippen molar-refractivity contribution in [2.24, 2.45) is 0 Å². The Balaban J connectivity index is 1.80. The van der Waals surface area contributed by atoms with E-state index < -0.39 is 10.0 Å². The van der Waals surface area contributed by atoms with Crippen LogP contribution in [-0.4, -0.2) is 45.5 Å². The Bertz CT molecular complexity index is 888. The summed E-state index contributed by atoms with van der Waals surface area (Å²) in [6.07, 6.45) is 0. The molecule has 0 amide bonds. The highest BCUT2D eigenvalue weighted by molar-refractivity contribution is 7.89. The van der Waals surface area contributed by atoms with Gasteiger partial charge in [-0.25, -0.2) is 8.42 Å². The molecule has 0 radical (unpaired) electrons. The summed E-state index contributed by atoms with van der Waals surface area (Å²) in [4.78, 5) is 2.24. The number of hydrogen-bond donors (Lipinski definition) is 0. The normalized spacial score (nSPS) is 18.8. The number of nitrogens with zero attached hydrogens (tertiary/aromatic N) is 2. The molecule has 0 bridgehead atoms. The predicted octanol–water partition coefficient (Wildman–Crippen LogP) is 3.90. The van der Waals surface area contributed by atoms with E-state index in [9.17, 15) is 8.42 Å². The van der Waals surface area contributed by atoms with Crippen LogP contribution in [0.15, 0.2) is 47.4 Å². The van der Waals surface area contributed by atoms with Crippen molar-refractivity contribution in [2.45, 2.75) is 17.9 Å². The van der Waals surface area contributed by atoms with Gasteiger partial charge in [-0.3, -0.25) is 0 Å². The molecular formula is C18H20Cl2N2O3S. The lowest BCUT2D eigenvalue weighted by molar-refractivity contribution is 0.342. The van der Waals surface area contributed by atoms with E-state index in [4.69, 9.17) is 27.9 Å². The quantitative estimate of drug-likeness (QED) is 0.760. The second kappa shape index (κ2) is 7.64. The summed E-state index contributed by atoms with van der Waals surface area (Å²) in [5.74, 6) is 0.790. The van der Waals surface area contributed by atoms with Crippen LogP contribution < -0.4 is 9.64 Å². The molecule has 2 aromatic carbocycles. The number of ether oxygens (including phenoxy) is 1. The van der Waals surface area contributed by atoms with Crippen LogP contribution in [-0.2, 0) is 10.0 Å². The largest absolute Gasteiger partial charge is 0.497 e. The van der Waals surface area contributed by atoms with Crippen LogP contribution in [0.25, 0.3) is 0 Å². The van der Waals surface area contributed by atoms with E-state index in [2.05, 4.69) is 4.90 Å². The third kappa shape index (κ3) is 3.64. The zero-order valence-electron chi connectivity index (χ0n) is 14.5. The van der Waals surface area contributed by atoms with E-state index in [1.807, 2.05) is 31.2 Å². The van der Waals surface area contributed by atoms with Crippen molar-refractivity contribution in [3.05, 3.63) is 52.5 Å². The molecule has 0 saturated carbocycles. The van der Waals surface area contributed by atoms with E-state index in [1.54, 1.807) is 19.2 Å². The molecule has 1 unspecified atom stereocenters. The van der Waals surface area contributed by atoms with Crippen LogP contribution in [0.5, 0.6) is 5.75 Å². The molecule has 0 N–H and O–H groups in total. The molecule has 1 fully saturated rings. The molecule has 140 valence electrons. The molecule has 0 spiro atoms. The van der Waals surface area contributed by atoms with Crippen molar-refractivity contribution in [3.8, 4) is 5.75 Å². The smallest absolute Gasteiger partial charge is 0.244 e. The predicted molar refractivity (Wildman–Crippen MR) is 105 cm³/mol. The lowest BCUT2D eigenvalue weighted by atomic mass is 10.2. The fourth-order valence-corrected chi connectivity index (χ4v) is 5.37. The van der Waals surface area contributed by atoms with Gasteiger partial charge >= 0.3 is 0 Å². The summed E-state index contributed by atoms with van der Waals surface area (Å²) in [7, 11) is -2.07. The van der Waals surface area contributed by atoms with E-state index in [-0.39, 0.29) is 21.0 Å². The first-order valence-electron chi connectivity index (χ1n) is 8.19. The Kier molecular flexibility index (Phi) is 5.67. The fourth-order valence-electron chi connectivity index (χ4n) is 3.12. The maximum Gasteiger partial charge on any atom is 0.244 e. The highest BCUT2D eigenvalue weighted by Crippen LogP contribution is 2.32. The van der Waals surface area contributed by atoms with Gasteiger partial charge in [0.05, 0.1) is 17.2 Å². The summed E-state index contributed by atoms with van der Waals surface area (Å²) in [6, 6.07) is 12.4. The van der Waals surface area contributed by atoms with Gasteiger partial charge in [-0.1, -0.05) is 29.3 Å². The molecule has 1 heterocycles. The zero-order chi connectivity index (χ0) is 18.9. The highest BCUT2D eigenvalue weighted by Gasteiger charge is 2.33. The van der Waals surface area contributed by atoms with Gasteiger partial charge in [0.2, 0.25) is 10.0 Å². The Morgan fingerprint density at radius 1 is 1.08 bits per heavy atom. The Morgan fingerprint density at radius 2 is 1.77 bits per heavy atom. The second-order valence-corrected chi connectivity index (χ2v) is 8.85. The molecular weight excluding hydrogens is 395 g/mol. The number of methoxy groups -OCH3 is 1. The summed E-state index contributed by atoms with van der Waals surface area (Å²) in [5.41, 5.74) is 1.04. The standard InChI is InChI=1S/C18H20Cl2N2O3S/c1-13-12-21(26(23,24)17-5-3-4-16(19)18(17)20)10-11-22(13)14-6-8-15(25-2)9-7-14/h3-9,13H,10-12H2,1-2H3. The molecule has 1 saturated heterocycles. The molecule has 0 aromatic heterocycles. The molecule has 8 heteroatoms. The number of rotatable bonds is 4. The van der Waals surface area contributed by atoms with Gasteiger partial charge in [-0.05, 0) is 43.3 Å². The highest BCUT2D eigenvalue weighted by atomic mass is 35.5. The molecule has 0 aliphatic carbocycles. The summed E-state index contributed by atoms with van der Waals surface area (Å²) >= 11 is 12.1. The van der Waals surface area contributed by atoms with E-state index in [1.165, 1.54) is 10.4 Å². The molecule has 1 atom stereocenters. The number of sulfonamides is 1. The van der Waals surface area contributed by atoms with Gasteiger partial charge < -0.3 is 9.64 Å². The third-order valence-corrected chi connectivity index (χ3v) is 7.37. The lowest BCUT2D eigenvalue weighted by Crippen LogP contribution is -2.53. The first kappa shape index (κ1) is 19.3. The summed E-state index contributed by atoms with van der Waals surface area (Å²) in [6.45, 7) is 3.34. The first-order chi connectivity index (χ1) is 12.3. The third-order valence-electron chi connectivity index (χ3n) is 4.53. The van der Waals surface area contributed by atoms with Crippen molar-refractivity contribution in [1.82, 2.24) is 4.31 Å². The van der Waals surface area contributed by atoms with Crippen LogP contribution in [0.1, 0.15) is 6.92 Å². The van der Waals surface area contributed by atoms with Gasteiger partial charge in [0.15, 0.2) is 0 Å². The van der Waals surface area contributed by atoms with E-state index in [0.717, 1.165) is 11.4 Å². The summed E-state index contributed by atoms with van der Waals surface area (Å²) in [5, 5.41) is 0.303. The first-order valence-corrected chi connectivity index (χ1v) is 10.4. The SMILES string of the molecule is COc1ccc(N2CCN(S(=O)(=O)c3cccc(Cl)c3Cl)CC2C)cc1. The van der Waals surface area contributed by atoms with Crippen molar-refractivity contribution >= 4 is 38.9 Å². The number of piperazine rings is 1. The molecule has 26 heavy (non-hydrogen) atoms. The average molecular weight is 415 g/mol. The molecule has 3 rings (SSSR count). The number of benzene rings is 2. The second-order valence-electron chi connectivity index (χ2n) is 6.16. The molecule has 1 aliphatic heterocycles. The van der Waals surface area contributed by atoms with Crippen LogP contribution in [0.3, 0.4) is 0 Å². The van der Waals surface area contributed by atoms with Crippen LogP contribution in [0.4, 0.5) is 5.69 Å². The van der Waals surface area contributed by atoms with Gasteiger partial charge in [0.1, 0.15) is 10.6 Å². The summed E-state index contributed by atoms with van der Waals surface area (Å²) < 4.78 is 32.6. The Hall–Kier alpha value is -1.47. The average Bonchev–Trinajstić information content (AvgIpc) is 2.64. The topological polar surface area (TPSA) is 49.9 Å². The van der Waals surface area contributed by atoms with Crippen LogP contribution >= 0.6 is 23.2 Å². The molecule has 2 aromatic rings. The minimum absolute atomic E-state index is 0.0184. The molecule has 1 aliphatic rings. The number of anilines is 1. The Morgan fingerprint density at radius 3 is 2.38 bits per heavy atom. The number of halogens is 2. The van der Waals surface area contributed by atoms with E-state index in [0.29, 0.717) is 19.6 Å². The zero-order valence-corrected chi connectivity index (χ0v) is 16.9. The van der Waals surface area contributed by atoms with Gasteiger partial charge in [0, 0.05) is 31.4 Å². The van der Waals surface area contributed by atoms with Crippen molar-refractivity contribution in [1.29, 1.82) is 0 Å². The lowest BCUT2D eigenvalue weighted by Gasteiger charge is -2.40. The van der Waals surface area contributed by atoms with Gasteiger partial charge in [-0.2, -0.15) is 4.31 Å². The number of hydrogen-bond acceptors (Lipinski definition) is 4. The van der Waals surface area contributed by atoms with Gasteiger partial charge in [0.25, 0.3) is 0 Å². The van der Waals surface area contributed by atoms with Crippen LogP contribution in [0, 0.1) is 0 Å². The van der Waals surface area contributed by atoms with E-state index >= 15 is 0 Å². The maximum atomic E-state index is 13.0. The Labute approximate surface area is 164 Å². The van der Waals surface area contributed by atoms with Crippen molar-refractivity contribution in [2.75, 3.05) is 31.6 Å². The van der Waals surface area contributed by atoms with Crippen LogP contribution in [0.2, 0.25) is 10.0 Å². The minimum atomic E-state index is -3.69. The monoisotopic (exact) mass is 414 g/mol. The maximum absolute atomic E-state index is 13.0. The van der Waals surface area contributed by atoms with Crippen molar-refractivity contribution < 1.29 is 13.2 Å². The van der Waals surface area contributed by atoms with Crippen molar-refractivity contribution in [3.63, 3.8) is 0 Å². The fraction of sp³-hybridized carbons (Fsp3) is 0.333.